The Bertz CT molecular complexity index is 1090. The van der Waals surface area contributed by atoms with Crippen LogP contribution >= 0.6 is 11.8 Å². The summed E-state index contributed by atoms with van der Waals surface area (Å²) in [4.78, 5) is 22.4. The normalized spacial score (nSPS) is 15.9. The largest absolute Gasteiger partial charge is 0.493 e. The zero-order valence-electron chi connectivity index (χ0n) is 18.5. The number of ether oxygens (including phenoxy) is 2. The molecule has 0 aliphatic heterocycles. The van der Waals surface area contributed by atoms with Gasteiger partial charge in [-0.2, -0.15) is 4.52 Å². The van der Waals surface area contributed by atoms with E-state index in [0.29, 0.717) is 34.5 Å². The molecule has 166 valence electrons. The topological polar surface area (TPSA) is 90.6 Å². The summed E-state index contributed by atoms with van der Waals surface area (Å²) in [5, 5.41) is 9.00. The molecule has 2 aromatic heterocycles. The lowest BCUT2D eigenvalue weighted by atomic mass is 9.95. The Balaban J connectivity index is 1.70. The Labute approximate surface area is 186 Å². The Morgan fingerprint density at radius 3 is 2.58 bits per heavy atom. The van der Waals surface area contributed by atoms with Crippen molar-refractivity contribution in [3.05, 3.63) is 18.0 Å². The van der Waals surface area contributed by atoms with Crippen molar-refractivity contribution in [3.8, 4) is 11.5 Å². The van der Waals surface area contributed by atoms with E-state index in [1.54, 1.807) is 18.7 Å². The zero-order chi connectivity index (χ0) is 22.0. The number of benzene rings is 1. The van der Waals surface area contributed by atoms with E-state index in [9.17, 15) is 4.79 Å². The summed E-state index contributed by atoms with van der Waals surface area (Å²) < 4.78 is 12.6. The number of carbonyl (C=O) groups is 1. The van der Waals surface area contributed by atoms with Gasteiger partial charge < -0.3 is 14.8 Å². The first-order valence-corrected chi connectivity index (χ1v) is 11.7. The molecule has 8 nitrogen and oxygen atoms in total. The van der Waals surface area contributed by atoms with Crippen molar-refractivity contribution in [2.24, 2.45) is 0 Å². The van der Waals surface area contributed by atoms with Gasteiger partial charge in [0.25, 0.3) is 0 Å². The van der Waals surface area contributed by atoms with E-state index in [2.05, 4.69) is 15.4 Å². The molecule has 0 saturated heterocycles. The lowest BCUT2D eigenvalue weighted by Crippen LogP contribution is -2.41. The second-order valence-electron chi connectivity index (χ2n) is 7.87. The van der Waals surface area contributed by atoms with E-state index >= 15 is 0 Å². The molecule has 2 heterocycles. The van der Waals surface area contributed by atoms with Crippen molar-refractivity contribution >= 4 is 34.2 Å². The molecule has 4 rings (SSSR count). The highest BCUT2D eigenvalue weighted by molar-refractivity contribution is 8.00. The van der Waals surface area contributed by atoms with Crippen LogP contribution in [0, 0.1) is 6.92 Å². The van der Waals surface area contributed by atoms with Crippen molar-refractivity contribution in [2.75, 3.05) is 14.2 Å². The number of aryl methyl sites for hydroxylation is 1. The van der Waals surface area contributed by atoms with Gasteiger partial charge in [-0.1, -0.05) is 37.9 Å². The number of aromatic nitrogens is 4. The van der Waals surface area contributed by atoms with Gasteiger partial charge in [-0.25, -0.2) is 9.97 Å². The Morgan fingerprint density at radius 2 is 1.90 bits per heavy atom. The lowest BCUT2D eigenvalue weighted by Gasteiger charge is -2.25. The maximum atomic E-state index is 13.0. The fraction of sp³-hybridized carbons (Fsp3) is 0.545. The van der Waals surface area contributed by atoms with Gasteiger partial charge in [0, 0.05) is 17.5 Å². The first kappa shape index (κ1) is 21.7. The van der Waals surface area contributed by atoms with E-state index in [0.717, 1.165) is 23.7 Å². The number of amides is 1. The molecule has 31 heavy (non-hydrogen) atoms. The minimum absolute atomic E-state index is 0.0681. The molecule has 0 spiro atoms. The van der Waals surface area contributed by atoms with Crippen LogP contribution in [0.15, 0.2) is 17.3 Å². The Kier molecular flexibility index (Phi) is 6.50. The highest BCUT2D eigenvalue weighted by Gasteiger charge is 2.25. The maximum absolute atomic E-state index is 13.0. The van der Waals surface area contributed by atoms with Gasteiger partial charge in [-0.3, -0.25) is 4.79 Å². The number of fused-ring (bicyclic) bond motifs is 3. The van der Waals surface area contributed by atoms with Gasteiger partial charge in [0.1, 0.15) is 5.82 Å². The van der Waals surface area contributed by atoms with Crippen LogP contribution in [-0.4, -0.2) is 51.0 Å². The molecule has 1 atom stereocenters. The van der Waals surface area contributed by atoms with Crippen molar-refractivity contribution in [3.63, 3.8) is 0 Å². The third-order valence-electron chi connectivity index (χ3n) is 5.72. The van der Waals surface area contributed by atoms with Crippen LogP contribution in [0.4, 0.5) is 0 Å². The number of carbonyl (C=O) groups excluding carboxylic acids is 1. The molecule has 1 saturated carbocycles. The molecule has 9 heteroatoms. The molecule has 1 aliphatic carbocycles. The minimum Gasteiger partial charge on any atom is -0.493 e. The first-order chi connectivity index (χ1) is 15.0. The highest BCUT2D eigenvalue weighted by atomic mass is 32.2. The summed E-state index contributed by atoms with van der Waals surface area (Å²) in [6, 6.07) is 3.99. The molecule has 3 aromatic rings. The average molecular weight is 444 g/mol. The van der Waals surface area contributed by atoms with Crippen LogP contribution in [0.3, 0.4) is 0 Å². The van der Waals surface area contributed by atoms with Gasteiger partial charge in [0.05, 0.1) is 25.0 Å². The number of thioether (sulfide) groups is 1. The third-order valence-corrected chi connectivity index (χ3v) is 7.02. The minimum atomic E-state index is -0.250. The Hall–Kier alpha value is -2.55. The van der Waals surface area contributed by atoms with E-state index in [1.165, 1.54) is 31.0 Å². The highest BCUT2D eigenvalue weighted by Crippen LogP contribution is 2.35. The molecular formula is C22H29N5O3S. The van der Waals surface area contributed by atoms with Crippen LogP contribution in [0.25, 0.3) is 16.6 Å². The molecule has 0 radical (unpaired) electrons. The number of hydrogen-bond donors (Lipinski definition) is 1. The quantitative estimate of drug-likeness (QED) is 0.437. The molecule has 1 aliphatic rings. The Morgan fingerprint density at radius 1 is 1.19 bits per heavy atom. The van der Waals surface area contributed by atoms with Gasteiger partial charge in [-0.05, 0) is 32.3 Å². The predicted molar refractivity (Wildman–Crippen MR) is 121 cm³/mol. The summed E-state index contributed by atoms with van der Waals surface area (Å²) in [5.74, 6) is 1.92. The molecule has 1 unspecified atom stereocenters. The molecule has 1 aromatic carbocycles. The second-order valence-corrected chi connectivity index (χ2v) is 9.04. The summed E-state index contributed by atoms with van der Waals surface area (Å²) in [7, 11) is 3.20. The SMILES string of the molecule is CCC(Sc1nc2cc(OC)c(OC)cc2c2nc(C)nn12)C(=O)NC1CCCCC1. The van der Waals surface area contributed by atoms with Crippen molar-refractivity contribution in [1.29, 1.82) is 0 Å². The zero-order valence-corrected chi connectivity index (χ0v) is 19.3. The van der Waals surface area contributed by atoms with E-state index in [4.69, 9.17) is 14.5 Å². The standard InChI is InChI=1S/C22H29N5O3S/c1-5-19(21(28)24-14-9-7-6-8-10-14)31-22-25-16-12-18(30-4)17(29-3)11-15(16)20-23-13(2)26-27(20)22/h11-12,14,19H,5-10H2,1-4H3,(H,24,28). The van der Waals surface area contributed by atoms with E-state index in [1.807, 2.05) is 26.0 Å². The molecule has 1 fully saturated rings. The van der Waals surface area contributed by atoms with Crippen LogP contribution in [0.1, 0.15) is 51.3 Å². The monoisotopic (exact) mass is 443 g/mol. The molecule has 1 amide bonds. The molecule has 1 N–H and O–H groups in total. The summed E-state index contributed by atoms with van der Waals surface area (Å²) in [5.41, 5.74) is 1.41. The smallest absolute Gasteiger partial charge is 0.233 e. The summed E-state index contributed by atoms with van der Waals surface area (Å²) in [6.07, 6.45) is 6.46. The van der Waals surface area contributed by atoms with E-state index in [-0.39, 0.29) is 17.2 Å². The fourth-order valence-corrected chi connectivity index (χ4v) is 5.05. The first-order valence-electron chi connectivity index (χ1n) is 10.8. The average Bonchev–Trinajstić information content (AvgIpc) is 3.18. The van der Waals surface area contributed by atoms with Crippen LogP contribution in [0.2, 0.25) is 0 Å². The van der Waals surface area contributed by atoms with Crippen molar-refractivity contribution < 1.29 is 14.3 Å². The van der Waals surface area contributed by atoms with Gasteiger partial charge >= 0.3 is 0 Å². The van der Waals surface area contributed by atoms with Crippen LogP contribution in [-0.2, 0) is 4.79 Å². The number of methoxy groups -OCH3 is 2. The lowest BCUT2D eigenvalue weighted by molar-refractivity contribution is -0.121. The number of nitrogens with zero attached hydrogens (tertiary/aromatic N) is 4. The molecular weight excluding hydrogens is 414 g/mol. The maximum Gasteiger partial charge on any atom is 0.233 e. The van der Waals surface area contributed by atoms with Crippen LogP contribution in [0.5, 0.6) is 11.5 Å². The van der Waals surface area contributed by atoms with Gasteiger partial charge in [0.2, 0.25) is 5.91 Å². The fourth-order valence-electron chi connectivity index (χ4n) is 4.08. The number of nitrogens with one attached hydrogen (secondary N) is 1. The summed E-state index contributed by atoms with van der Waals surface area (Å²) >= 11 is 1.43. The number of hydrogen-bond acceptors (Lipinski definition) is 7. The van der Waals surface area contributed by atoms with Crippen LogP contribution < -0.4 is 14.8 Å². The molecule has 0 bridgehead atoms. The van der Waals surface area contributed by atoms with Crippen molar-refractivity contribution in [2.45, 2.75) is 68.8 Å². The predicted octanol–water partition coefficient (Wildman–Crippen LogP) is 3.92. The van der Waals surface area contributed by atoms with E-state index < -0.39 is 0 Å². The van der Waals surface area contributed by atoms with Gasteiger partial charge in [0.15, 0.2) is 22.3 Å². The third kappa shape index (κ3) is 4.42. The second kappa shape index (κ2) is 9.30. The van der Waals surface area contributed by atoms with Gasteiger partial charge in [-0.15, -0.1) is 5.10 Å². The summed E-state index contributed by atoms with van der Waals surface area (Å²) in [6.45, 7) is 3.87. The number of rotatable bonds is 7. The van der Waals surface area contributed by atoms with Crippen molar-refractivity contribution in [1.82, 2.24) is 24.9 Å².